The predicted octanol–water partition coefficient (Wildman–Crippen LogP) is 2.34. The van der Waals surface area contributed by atoms with Crippen molar-refractivity contribution >= 4 is 23.1 Å². The Labute approximate surface area is 110 Å². The van der Waals surface area contributed by atoms with Gasteiger partial charge in [-0.1, -0.05) is 38.9 Å². The van der Waals surface area contributed by atoms with Gasteiger partial charge in [-0.2, -0.15) is 0 Å². The predicted molar refractivity (Wildman–Crippen MR) is 74.8 cm³/mol. The molecule has 0 radical (unpaired) electrons. The monoisotopic (exact) mass is 256 g/mol. The Morgan fingerprint density at radius 1 is 1.41 bits per heavy atom. The topological polar surface area (TPSA) is 46.3 Å². The average Bonchev–Trinajstić information content (AvgIpc) is 2.70. The molecule has 3 nitrogen and oxygen atoms in total. The lowest BCUT2D eigenvalue weighted by Gasteiger charge is -2.32. The molecule has 1 fully saturated rings. The minimum absolute atomic E-state index is 0.127. The lowest BCUT2D eigenvalue weighted by Crippen LogP contribution is -2.47. The lowest BCUT2D eigenvalue weighted by atomic mass is 9.93. The number of carbonyl (C=O) groups excluding carboxylic acids is 1. The molecule has 1 saturated carbocycles. The first-order valence-electron chi connectivity index (χ1n) is 6.58. The normalized spacial score (nSPS) is 18.4. The number of amides is 1. The first-order chi connectivity index (χ1) is 7.99. The van der Waals surface area contributed by atoms with E-state index in [1.54, 1.807) is 0 Å². The number of nitrogens with zero attached hydrogens (tertiary/aromatic N) is 1. The molecule has 1 aliphatic carbocycles. The highest BCUT2D eigenvalue weighted by atomic mass is 32.1. The summed E-state index contributed by atoms with van der Waals surface area (Å²) in [5.74, 6) is 0.00269. The Bertz CT molecular complexity index is 285. The summed E-state index contributed by atoms with van der Waals surface area (Å²) in [4.78, 5) is 14.8. The first-order valence-corrected chi connectivity index (χ1v) is 6.99. The van der Waals surface area contributed by atoms with Crippen LogP contribution in [0.25, 0.3) is 0 Å². The Balaban J connectivity index is 2.79. The molecule has 0 aromatic carbocycles. The zero-order valence-corrected chi connectivity index (χ0v) is 11.9. The number of carbonyl (C=O) groups is 1. The van der Waals surface area contributed by atoms with E-state index in [2.05, 4.69) is 0 Å². The third-order valence-corrected chi connectivity index (χ3v) is 3.88. The summed E-state index contributed by atoms with van der Waals surface area (Å²) in [7, 11) is 0. The van der Waals surface area contributed by atoms with Crippen molar-refractivity contribution in [1.82, 2.24) is 4.90 Å². The van der Waals surface area contributed by atoms with Crippen LogP contribution in [0, 0.1) is 11.8 Å². The number of rotatable bonds is 5. The van der Waals surface area contributed by atoms with Crippen molar-refractivity contribution in [2.75, 3.05) is 6.54 Å². The molecular formula is C13H24N2OS. The Morgan fingerprint density at radius 2 is 1.94 bits per heavy atom. The third kappa shape index (κ3) is 3.41. The second-order valence-corrected chi connectivity index (χ2v) is 5.66. The molecule has 0 saturated heterocycles. The van der Waals surface area contributed by atoms with Crippen LogP contribution in [-0.4, -0.2) is 28.4 Å². The lowest BCUT2D eigenvalue weighted by molar-refractivity contribution is -0.136. The quantitative estimate of drug-likeness (QED) is 0.768. The Morgan fingerprint density at radius 3 is 2.29 bits per heavy atom. The number of nitrogens with two attached hydrogens (primary N) is 1. The van der Waals surface area contributed by atoms with Gasteiger partial charge in [-0.05, 0) is 25.7 Å². The molecule has 4 heteroatoms. The van der Waals surface area contributed by atoms with E-state index >= 15 is 0 Å². The van der Waals surface area contributed by atoms with Gasteiger partial charge in [-0.15, -0.1) is 0 Å². The molecule has 1 aliphatic rings. The molecule has 1 atom stereocenters. The maximum atomic E-state index is 12.5. The first kappa shape index (κ1) is 14.4. The van der Waals surface area contributed by atoms with E-state index in [-0.39, 0.29) is 17.7 Å². The smallest absolute Gasteiger partial charge is 0.233 e. The number of thiocarbonyl (C=S) groups is 1. The van der Waals surface area contributed by atoms with Crippen LogP contribution in [0.1, 0.15) is 46.5 Å². The van der Waals surface area contributed by atoms with Crippen LogP contribution in [0.2, 0.25) is 0 Å². The molecular weight excluding hydrogens is 232 g/mol. The van der Waals surface area contributed by atoms with Crippen molar-refractivity contribution in [3.63, 3.8) is 0 Å². The van der Waals surface area contributed by atoms with E-state index in [4.69, 9.17) is 18.0 Å². The molecule has 98 valence electrons. The van der Waals surface area contributed by atoms with Crippen molar-refractivity contribution in [3.8, 4) is 0 Å². The molecule has 2 N–H and O–H groups in total. The largest absolute Gasteiger partial charge is 0.393 e. The molecule has 0 spiro atoms. The summed E-state index contributed by atoms with van der Waals surface area (Å²) in [5, 5.41) is 0. The van der Waals surface area contributed by atoms with Gasteiger partial charge in [-0.25, -0.2) is 0 Å². The molecule has 0 aromatic rings. The zero-order chi connectivity index (χ0) is 13.0. The summed E-state index contributed by atoms with van der Waals surface area (Å²) < 4.78 is 0. The van der Waals surface area contributed by atoms with Gasteiger partial charge in [0.1, 0.15) is 0 Å². The van der Waals surface area contributed by atoms with E-state index in [9.17, 15) is 4.79 Å². The van der Waals surface area contributed by atoms with Crippen LogP contribution in [0.4, 0.5) is 0 Å². The van der Waals surface area contributed by atoms with Crippen LogP contribution in [0.5, 0.6) is 0 Å². The highest BCUT2D eigenvalue weighted by Gasteiger charge is 2.33. The third-order valence-electron chi connectivity index (χ3n) is 3.63. The van der Waals surface area contributed by atoms with E-state index in [0.29, 0.717) is 11.0 Å². The van der Waals surface area contributed by atoms with Crippen LogP contribution < -0.4 is 5.73 Å². The van der Waals surface area contributed by atoms with Gasteiger partial charge in [0.2, 0.25) is 5.91 Å². The van der Waals surface area contributed by atoms with Crippen LogP contribution >= 0.6 is 12.2 Å². The maximum Gasteiger partial charge on any atom is 0.233 e. The van der Waals surface area contributed by atoms with E-state index < -0.39 is 0 Å². The van der Waals surface area contributed by atoms with Crippen LogP contribution in [-0.2, 0) is 4.79 Å². The summed E-state index contributed by atoms with van der Waals surface area (Å²) >= 11 is 5.04. The second kappa shape index (κ2) is 6.34. The minimum atomic E-state index is -0.300. The van der Waals surface area contributed by atoms with Gasteiger partial charge < -0.3 is 10.6 Å². The van der Waals surface area contributed by atoms with Crippen molar-refractivity contribution in [2.24, 2.45) is 17.6 Å². The summed E-state index contributed by atoms with van der Waals surface area (Å²) in [6.45, 7) is 6.80. The molecule has 0 heterocycles. The Hall–Kier alpha value is -0.640. The standard InChI is InChI=1S/C13H24N2OS/c1-4-15(10-7-5-6-8-10)13(16)11(9(2)3)12(14)17/h9-11H,4-8H2,1-3H3,(H2,14,17). The van der Waals surface area contributed by atoms with Gasteiger partial charge in [0.15, 0.2) is 0 Å². The highest BCUT2D eigenvalue weighted by molar-refractivity contribution is 7.80. The minimum Gasteiger partial charge on any atom is -0.393 e. The van der Waals surface area contributed by atoms with Gasteiger partial charge in [0, 0.05) is 12.6 Å². The fourth-order valence-corrected chi connectivity index (χ4v) is 3.10. The van der Waals surface area contributed by atoms with E-state index in [1.165, 1.54) is 12.8 Å². The summed E-state index contributed by atoms with van der Waals surface area (Å²) in [5.41, 5.74) is 5.71. The molecule has 1 rings (SSSR count). The molecule has 17 heavy (non-hydrogen) atoms. The zero-order valence-electron chi connectivity index (χ0n) is 11.1. The fourth-order valence-electron chi connectivity index (χ4n) is 2.72. The molecule has 0 aliphatic heterocycles. The van der Waals surface area contributed by atoms with Gasteiger partial charge in [0.05, 0.1) is 10.9 Å². The van der Waals surface area contributed by atoms with Gasteiger partial charge in [0.25, 0.3) is 0 Å². The second-order valence-electron chi connectivity index (χ2n) is 5.19. The molecule has 0 bridgehead atoms. The van der Waals surface area contributed by atoms with Gasteiger partial charge >= 0.3 is 0 Å². The fraction of sp³-hybridized carbons (Fsp3) is 0.846. The highest BCUT2D eigenvalue weighted by Crippen LogP contribution is 2.26. The summed E-state index contributed by atoms with van der Waals surface area (Å²) in [6.07, 6.45) is 4.71. The average molecular weight is 256 g/mol. The van der Waals surface area contributed by atoms with Crippen LogP contribution in [0.15, 0.2) is 0 Å². The van der Waals surface area contributed by atoms with Crippen molar-refractivity contribution in [2.45, 2.75) is 52.5 Å². The SMILES string of the molecule is CCN(C(=O)C(C(N)=S)C(C)C)C1CCCC1. The van der Waals surface area contributed by atoms with Crippen molar-refractivity contribution in [3.05, 3.63) is 0 Å². The summed E-state index contributed by atoms with van der Waals surface area (Å²) in [6, 6.07) is 0.406. The number of hydrogen-bond donors (Lipinski definition) is 1. The van der Waals surface area contributed by atoms with Crippen LogP contribution in [0.3, 0.4) is 0 Å². The molecule has 1 amide bonds. The molecule has 0 aromatic heterocycles. The van der Waals surface area contributed by atoms with Crippen molar-refractivity contribution in [1.29, 1.82) is 0 Å². The maximum absolute atomic E-state index is 12.5. The van der Waals surface area contributed by atoms with Gasteiger partial charge in [-0.3, -0.25) is 4.79 Å². The van der Waals surface area contributed by atoms with E-state index in [0.717, 1.165) is 19.4 Å². The number of hydrogen-bond acceptors (Lipinski definition) is 2. The molecule has 1 unspecified atom stereocenters. The van der Waals surface area contributed by atoms with Crippen molar-refractivity contribution < 1.29 is 4.79 Å². The Kier molecular flexibility index (Phi) is 5.37. The van der Waals surface area contributed by atoms with E-state index in [1.807, 2.05) is 25.7 Å².